The zero-order chi connectivity index (χ0) is 23.0. The maximum Gasteiger partial charge on any atom is 0.343 e. The molecule has 1 heterocycles. The number of rotatable bonds is 4. The number of hydrogen-bond acceptors (Lipinski definition) is 5. The van der Waals surface area contributed by atoms with Gasteiger partial charge in [-0.25, -0.2) is 4.79 Å². The van der Waals surface area contributed by atoms with E-state index in [2.05, 4.69) is 32.9 Å². The van der Waals surface area contributed by atoms with Gasteiger partial charge in [-0.05, 0) is 91.1 Å². The van der Waals surface area contributed by atoms with E-state index in [1.165, 1.54) is 56.8 Å². The van der Waals surface area contributed by atoms with E-state index in [0.29, 0.717) is 52.8 Å². The molecule has 2 fully saturated rings. The molecule has 0 aromatic heterocycles. The number of carbonyl (C=O) groups is 1. The van der Waals surface area contributed by atoms with Crippen LogP contribution in [0.25, 0.3) is 0 Å². The predicted molar refractivity (Wildman–Crippen MR) is 125 cm³/mol. The molecule has 4 aliphatic carbocycles. The quantitative estimate of drug-likeness (QED) is 0.445. The summed E-state index contributed by atoms with van der Waals surface area (Å²) < 4.78 is 23.2. The smallest absolute Gasteiger partial charge is 0.343 e. The Labute approximate surface area is 196 Å². The molecule has 0 saturated heterocycles. The second-order valence-electron chi connectivity index (χ2n) is 11.1. The maximum atomic E-state index is 11.8. The van der Waals surface area contributed by atoms with Crippen molar-refractivity contribution in [1.29, 1.82) is 0 Å². The number of carbonyl (C=O) groups excluding carboxylic acids is 1. The Balaban J connectivity index is 1.45. The molecule has 6 rings (SSSR count). The summed E-state index contributed by atoms with van der Waals surface area (Å²) in [5.74, 6) is 2.95. The topological polar surface area (TPSA) is 54.0 Å². The highest BCUT2D eigenvalue weighted by Gasteiger charge is 2.70. The molecule has 2 saturated carbocycles. The first-order valence-corrected chi connectivity index (χ1v) is 12.8. The number of ether oxygens (including phenoxy) is 4. The summed E-state index contributed by atoms with van der Waals surface area (Å²) >= 11 is 0. The maximum absolute atomic E-state index is 11.8. The van der Waals surface area contributed by atoms with E-state index >= 15 is 0 Å². The Bertz CT molecular complexity index is 1040. The monoisotopic (exact) mass is 452 g/mol. The molecule has 178 valence electrons. The third-order valence-electron chi connectivity index (χ3n) is 10.5. The van der Waals surface area contributed by atoms with Crippen molar-refractivity contribution in [2.75, 3.05) is 26.9 Å². The van der Waals surface area contributed by atoms with Gasteiger partial charge >= 0.3 is 5.97 Å². The van der Waals surface area contributed by atoms with Crippen molar-refractivity contribution in [2.45, 2.75) is 71.6 Å². The number of methoxy groups -OCH3 is 1. The summed E-state index contributed by atoms with van der Waals surface area (Å²) in [6, 6.07) is 0. The molecule has 0 amide bonds. The minimum absolute atomic E-state index is 0.122. The van der Waals surface area contributed by atoms with Crippen LogP contribution in [-0.4, -0.2) is 32.9 Å². The lowest BCUT2D eigenvalue weighted by Crippen LogP contribution is -2.50. The van der Waals surface area contributed by atoms with E-state index in [9.17, 15) is 4.79 Å². The Morgan fingerprint density at radius 2 is 1.91 bits per heavy atom. The number of benzene rings is 1. The van der Waals surface area contributed by atoms with E-state index in [-0.39, 0.29) is 6.61 Å². The van der Waals surface area contributed by atoms with E-state index in [0.717, 1.165) is 17.7 Å². The van der Waals surface area contributed by atoms with Crippen LogP contribution in [0.1, 0.15) is 75.0 Å². The molecule has 1 unspecified atom stereocenters. The summed E-state index contributed by atoms with van der Waals surface area (Å²) in [7, 11) is 1.38. The molecule has 0 N–H and O–H groups in total. The minimum atomic E-state index is -0.392. The van der Waals surface area contributed by atoms with Crippen LogP contribution in [0.4, 0.5) is 0 Å². The fourth-order valence-electron chi connectivity index (χ4n) is 8.79. The third-order valence-corrected chi connectivity index (χ3v) is 10.5. The molecule has 1 aliphatic heterocycles. The van der Waals surface area contributed by atoms with Crippen molar-refractivity contribution in [2.24, 2.45) is 22.2 Å². The summed E-state index contributed by atoms with van der Waals surface area (Å²) in [6.07, 6.45) is 13.9. The second kappa shape index (κ2) is 7.16. The summed E-state index contributed by atoms with van der Waals surface area (Å²) in [5.41, 5.74) is 4.89. The van der Waals surface area contributed by atoms with Crippen LogP contribution >= 0.6 is 0 Å². The van der Waals surface area contributed by atoms with Gasteiger partial charge in [0.2, 0.25) is 5.75 Å². The fourth-order valence-corrected chi connectivity index (χ4v) is 8.79. The number of esters is 1. The van der Waals surface area contributed by atoms with Crippen LogP contribution in [0.5, 0.6) is 17.2 Å². The van der Waals surface area contributed by atoms with Gasteiger partial charge in [-0.1, -0.05) is 26.0 Å². The average Bonchev–Trinajstić information content (AvgIpc) is 3.27. The van der Waals surface area contributed by atoms with Gasteiger partial charge in [-0.2, -0.15) is 0 Å². The zero-order valence-electron chi connectivity index (χ0n) is 20.4. The molecular formula is C28H36O5. The van der Waals surface area contributed by atoms with E-state index in [1.54, 1.807) is 0 Å². The predicted octanol–water partition coefficient (Wildman–Crippen LogP) is 5.51. The normalized spacial score (nSPS) is 37.2. The molecule has 0 spiro atoms. The lowest BCUT2D eigenvalue weighted by molar-refractivity contribution is -0.142. The van der Waals surface area contributed by atoms with Gasteiger partial charge in [0.25, 0.3) is 0 Å². The number of hydrogen-bond donors (Lipinski definition) is 0. The minimum Gasteiger partial charge on any atom is -0.486 e. The van der Waals surface area contributed by atoms with Gasteiger partial charge in [0.05, 0.1) is 7.11 Å². The first-order chi connectivity index (χ1) is 15.9. The van der Waals surface area contributed by atoms with Crippen molar-refractivity contribution in [3.05, 3.63) is 28.8 Å². The van der Waals surface area contributed by atoms with Crippen LogP contribution in [0.2, 0.25) is 0 Å². The molecule has 5 heteroatoms. The van der Waals surface area contributed by atoms with E-state index in [1.807, 2.05) is 0 Å². The zero-order valence-corrected chi connectivity index (χ0v) is 20.4. The highest BCUT2D eigenvalue weighted by atomic mass is 16.6. The average molecular weight is 453 g/mol. The van der Waals surface area contributed by atoms with Gasteiger partial charge in [0.1, 0.15) is 13.2 Å². The van der Waals surface area contributed by atoms with Crippen molar-refractivity contribution in [3.8, 4) is 17.2 Å². The largest absolute Gasteiger partial charge is 0.486 e. The molecule has 5 atom stereocenters. The highest BCUT2D eigenvalue weighted by Crippen LogP contribution is 2.79. The first kappa shape index (κ1) is 21.4. The molecule has 0 radical (unpaired) electrons. The Morgan fingerprint density at radius 3 is 2.61 bits per heavy atom. The Hall–Kier alpha value is -2.17. The Morgan fingerprint density at radius 1 is 1.12 bits per heavy atom. The standard InChI is InChI=1S/C28H36O5/c1-5-27-10-12-28(13-11-27)20-7-6-18-17(2)23(33-16-21(29)30-4)25-24(31-14-15-32-25)22(18)19(20)8-9-26(27,28)3/h10,12,19-20H,5-9,11,13-16H2,1-4H3/t19-,20+,26+,27+,28?/m0/s1. The molecule has 5 nitrogen and oxygen atoms in total. The van der Waals surface area contributed by atoms with Gasteiger partial charge in [-0.3, -0.25) is 0 Å². The molecule has 33 heavy (non-hydrogen) atoms. The van der Waals surface area contributed by atoms with Crippen molar-refractivity contribution in [3.63, 3.8) is 0 Å². The third kappa shape index (κ3) is 2.52. The molecule has 5 aliphatic rings. The summed E-state index contributed by atoms with van der Waals surface area (Å²) in [6.45, 7) is 8.03. The van der Waals surface area contributed by atoms with Crippen LogP contribution in [0.3, 0.4) is 0 Å². The molecule has 1 aromatic rings. The van der Waals surface area contributed by atoms with Crippen molar-refractivity contribution < 1.29 is 23.7 Å². The van der Waals surface area contributed by atoms with E-state index in [4.69, 9.17) is 18.9 Å². The first-order valence-electron chi connectivity index (χ1n) is 12.8. The van der Waals surface area contributed by atoms with Crippen LogP contribution < -0.4 is 14.2 Å². The Kier molecular flexibility index (Phi) is 4.64. The van der Waals surface area contributed by atoms with Crippen LogP contribution in [0.15, 0.2) is 12.2 Å². The SMILES string of the molecule is CC[C@@]12C=CC3(CC1)[C@@H]1CCc4c(C)c(OCC(=O)OC)c5c(c4[C@H]1CC[C@@]32C)OCCO5. The summed E-state index contributed by atoms with van der Waals surface area (Å²) in [5, 5.41) is 0. The molecule has 2 bridgehead atoms. The molecular weight excluding hydrogens is 416 g/mol. The van der Waals surface area contributed by atoms with E-state index < -0.39 is 5.97 Å². The fraction of sp³-hybridized carbons (Fsp3) is 0.679. The van der Waals surface area contributed by atoms with Gasteiger partial charge in [0.15, 0.2) is 18.1 Å². The number of fused-ring (bicyclic) bond motifs is 5. The summed E-state index contributed by atoms with van der Waals surface area (Å²) in [4.78, 5) is 11.8. The van der Waals surface area contributed by atoms with Crippen LogP contribution in [-0.2, 0) is 16.0 Å². The van der Waals surface area contributed by atoms with Crippen molar-refractivity contribution >= 4 is 5.97 Å². The van der Waals surface area contributed by atoms with Crippen LogP contribution in [0, 0.1) is 29.1 Å². The molecule has 1 aromatic carbocycles. The van der Waals surface area contributed by atoms with Gasteiger partial charge < -0.3 is 18.9 Å². The van der Waals surface area contributed by atoms with Crippen molar-refractivity contribution in [1.82, 2.24) is 0 Å². The van der Waals surface area contributed by atoms with Gasteiger partial charge in [-0.15, -0.1) is 0 Å². The number of allylic oxidation sites excluding steroid dienone is 2. The highest BCUT2D eigenvalue weighted by molar-refractivity contribution is 5.72. The van der Waals surface area contributed by atoms with Gasteiger partial charge in [0, 0.05) is 5.56 Å². The lowest BCUT2D eigenvalue weighted by atomic mass is 9.46. The lowest BCUT2D eigenvalue weighted by Gasteiger charge is -2.57. The second-order valence-corrected chi connectivity index (χ2v) is 11.1.